The minimum Gasteiger partial charge on any atom is -0.452 e. The van der Waals surface area contributed by atoms with Gasteiger partial charge in [-0.3, -0.25) is 10.1 Å². The van der Waals surface area contributed by atoms with Crippen LogP contribution in [0.3, 0.4) is 0 Å². The first-order chi connectivity index (χ1) is 10.1. The lowest BCUT2D eigenvalue weighted by Crippen LogP contribution is -2.20. The molecule has 110 valence electrons. The number of hydrogen-bond donors (Lipinski definition) is 1. The molecule has 0 atom stereocenters. The molecule has 0 radical (unpaired) electrons. The predicted molar refractivity (Wildman–Crippen MR) is 84.5 cm³/mol. The van der Waals surface area contributed by atoms with E-state index in [-0.39, 0.29) is 6.61 Å². The van der Waals surface area contributed by atoms with Crippen molar-refractivity contribution in [3.05, 3.63) is 45.4 Å². The first-order valence-electron chi connectivity index (χ1n) is 6.25. The number of benzene rings is 1. The second kappa shape index (κ2) is 7.33. The third kappa shape index (κ3) is 4.64. The van der Waals surface area contributed by atoms with Crippen molar-refractivity contribution in [1.82, 2.24) is 4.98 Å². The number of hydrogen-bond acceptors (Lipinski definition) is 5. The molecule has 1 N–H and O–H groups in total. The maximum atomic E-state index is 11.8. The number of anilines is 1. The molecule has 1 amide bonds. The molecule has 1 heterocycles. The van der Waals surface area contributed by atoms with Gasteiger partial charge in [-0.15, -0.1) is 0 Å². The number of nitrogens with zero attached hydrogens (tertiary/aromatic N) is 1. The van der Waals surface area contributed by atoms with Gasteiger partial charge >= 0.3 is 5.97 Å². The van der Waals surface area contributed by atoms with Crippen LogP contribution in [0.4, 0.5) is 5.13 Å². The molecule has 2 aromatic rings. The van der Waals surface area contributed by atoms with E-state index in [1.54, 1.807) is 18.3 Å². The highest BCUT2D eigenvalue weighted by molar-refractivity contribution is 9.11. The molecular formula is C14H13BrN2O3S. The number of esters is 1. The number of carbonyl (C=O) groups is 2. The summed E-state index contributed by atoms with van der Waals surface area (Å²) >= 11 is 4.53. The summed E-state index contributed by atoms with van der Waals surface area (Å²) in [5.41, 5.74) is 1.57. The van der Waals surface area contributed by atoms with Crippen LogP contribution < -0.4 is 5.32 Å². The molecule has 0 saturated carbocycles. The van der Waals surface area contributed by atoms with Crippen LogP contribution in [0.2, 0.25) is 0 Å². The van der Waals surface area contributed by atoms with Crippen molar-refractivity contribution < 1.29 is 14.3 Å². The Morgan fingerprint density at radius 3 is 2.62 bits per heavy atom. The lowest BCUT2D eigenvalue weighted by Gasteiger charge is -2.05. The van der Waals surface area contributed by atoms with Crippen molar-refractivity contribution in [2.24, 2.45) is 0 Å². The summed E-state index contributed by atoms with van der Waals surface area (Å²) in [6.07, 6.45) is 2.49. The number of rotatable bonds is 5. The Hall–Kier alpha value is -1.73. The van der Waals surface area contributed by atoms with E-state index < -0.39 is 11.9 Å². The number of ether oxygens (including phenoxy) is 1. The van der Waals surface area contributed by atoms with Gasteiger partial charge in [-0.2, -0.15) is 0 Å². The van der Waals surface area contributed by atoms with Crippen LogP contribution in [-0.2, 0) is 16.0 Å². The summed E-state index contributed by atoms with van der Waals surface area (Å²) in [5.74, 6) is -0.941. The summed E-state index contributed by atoms with van der Waals surface area (Å²) in [4.78, 5) is 27.4. The van der Waals surface area contributed by atoms with E-state index in [0.717, 1.165) is 15.8 Å². The molecule has 0 saturated heterocycles. The number of nitrogens with one attached hydrogen (secondary N) is 1. The summed E-state index contributed by atoms with van der Waals surface area (Å²) in [6, 6.07) is 7.11. The first-order valence-corrected chi connectivity index (χ1v) is 7.86. The van der Waals surface area contributed by atoms with Gasteiger partial charge in [0.2, 0.25) is 0 Å². The van der Waals surface area contributed by atoms with Crippen molar-refractivity contribution in [3.63, 3.8) is 0 Å². The molecule has 0 aliphatic rings. The molecule has 0 fully saturated rings. The van der Waals surface area contributed by atoms with E-state index in [1.165, 1.54) is 11.3 Å². The fourth-order valence-corrected chi connectivity index (χ4v) is 2.68. The molecule has 0 aliphatic carbocycles. The summed E-state index contributed by atoms with van der Waals surface area (Å²) in [5, 5.41) is 3.00. The average Bonchev–Trinajstić information content (AvgIpc) is 2.90. The maximum Gasteiger partial charge on any atom is 0.338 e. The topological polar surface area (TPSA) is 68.3 Å². The molecule has 1 aromatic carbocycles. The Morgan fingerprint density at radius 2 is 2.05 bits per heavy atom. The fourth-order valence-electron chi connectivity index (χ4n) is 1.56. The van der Waals surface area contributed by atoms with Gasteiger partial charge in [0.25, 0.3) is 5.91 Å². The van der Waals surface area contributed by atoms with Gasteiger partial charge < -0.3 is 4.74 Å². The average molecular weight is 369 g/mol. The summed E-state index contributed by atoms with van der Waals surface area (Å²) in [7, 11) is 0. The first kappa shape index (κ1) is 15.7. The standard InChI is InChI=1S/C14H13BrN2O3S/c1-2-9-3-5-10(6-4-9)13(19)20-8-12(18)17-14-16-7-11(15)21-14/h3-7H,2,8H2,1H3,(H,16,17,18). The minimum atomic E-state index is -0.520. The van der Waals surface area contributed by atoms with Gasteiger partial charge in [-0.1, -0.05) is 30.4 Å². The van der Waals surface area contributed by atoms with E-state index in [0.29, 0.717) is 10.7 Å². The van der Waals surface area contributed by atoms with E-state index in [1.807, 2.05) is 19.1 Å². The lowest BCUT2D eigenvalue weighted by molar-refractivity contribution is -0.119. The van der Waals surface area contributed by atoms with Crippen molar-refractivity contribution >= 4 is 44.3 Å². The van der Waals surface area contributed by atoms with E-state index in [9.17, 15) is 9.59 Å². The third-order valence-electron chi connectivity index (χ3n) is 2.66. The smallest absolute Gasteiger partial charge is 0.338 e. The number of aryl methyl sites for hydroxylation is 1. The maximum absolute atomic E-state index is 11.8. The second-order valence-corrected chi connectivity index (χ2v) is 6.55. The number of carbonyl (C=O) groups excluding carboxylic acids is 2. The van der Waals surface area contributed by atoms with Gasteiger partial charge in [0.15, 0.2) is 11.7 Å². The van der Waals surface area contributed by atoms with E-state index in [4.69, 9.17) is 4.74 Å². The van der Waals surface area contributed by atoms with Gasteiger partial charge in [-0.05, 0) is 40.0 Å². The molecule has 1 aromatic heterocycles. The molecule has 0 bridgehead atoms. The summed E-state index contributed by atoms with van der Waals surface area (Å²) < 4.78 is 5.77. The number of thiazole rings is 1. The Morgan fingerprint density at radius 1 is 1.33 bits per heavy atom. The number of halogens is 1. The molecule has 0 aliphatic heterocycles. The highest BCUT2D eigenvalue weighted by Gasteiger charge is 2.11. The zero-order chi connectivity index (χ0) is 15.2. The Labute approximate surface area is 134 Å². The normalized spacial score (nSPS) is 10.2. The quantitative estimate of drug-likeness (QED) is 0.822. The molecule has 21 heavy (non-hydrogen) atoms. The molecule has 0 spiro atoms. The van der Waals surface area contributed by atoms with Crippen molar-refractivity contribution in [3.8, 4) is 0 Å². The highest BCUT2D eigenvalue weighted by Crippen LogP contribution is 2.22. The number of aromatic nitrogens is 1. The second-order valence-electron chi connectivity index (χ2n) is 4.14. The van der Waals surface area contributed by atoms with Gasteiger partial charge in [0, 0.05) is 0 Å². The van der Waals surface area contributed by atoms with Crippen molar-refractivity contribution in [2.75, 3.05) is 11.9 Å². The van der Waals surface area contributed by atoms with Gasteiger partial charge in [0.1, 0.15) is 0 Å². The van der Waals surface area contributed by atoms with E-state index >= 15 is 0 Å². The van der Waals surface area contributed by atoms with Crippen LogP contribution in [0, 0.1) is 0 Å². The predicted octanol–water partition coefficient (Wildman–Crippen LogP) is 3.26. The zero-order valence-corrected chi connectivity index (χ0v) is 13.7. The van der Waals surface area contributed by atoms with Crippen LogP contribution in [0.15, 0.2) is 34.2 Å². The molecule has 0 unspecified atom stereocenters. The Bertz CT molecular complexity index is 640. The van der Waals surface area contributed by atoms with Crippen LogP contribution >= 0.6 is 27.3 Å². The number of amides is 1. The fraction of sp³-hybridized carbons (Fsp3) is 0.214. The van der Waals surface area contributed by atoms with Crippen molar-refractivity contribution in [2.45, 2.75) is 13.3 Å². The van der Waals surface area contributed by atoms with Crippen LogP contribution in [0.1, 0.15) is 22.8 Å². The SMILES string of the molecule is CCc1ccc(C(=O)OCC(=O)Nc2ncc(Br)s2)cc1. The Balaban J connectivity index is 1.83. The largest absolute Gasteiger partial charge is 0.452 e. The zero-order valence-electron chi connectivity index (χ0n) is 11.3. The summed E-state index contributed by atoms with van der Waals surface area (Å²) in [6.45, 7) is 1.69. The Kier molecular flexibility index (Phi) is 5.46. The lowest BCUT2D eigenvalue weighted by atomic mass is 10.1. The third-order valence-corrected chi connectivity index (χ3v) is 4.05. The van der Waals surface area contributed by atoms with Crippen LogP contribution in [-0.4, -0.2) is 23.5 Å². The van der Waals surface area contributed by atoms with Crippen LogP contribution in [0.5, 0.6) is 0 Å². The van der Waals surface area contributed by atoms with Crippen molar-refractivity contribution in [1.29, 1.82) is 0 Å². The molecule has 7 heteroatoms. The highest BCUT2D eigenvalue weighted by atomic mass is 79.9. The molecule has 2 rings (SSSR count). The van der Waals surface area contributed by atoms with E-state index in [2.05, 4.69) is 26.2 Å². The van der Waals surface area contributed by atoms with Gasteiger partial charge in [0.05, 0.1) is 15.5 Å². The van der Waals surface area contributed by atoms with Crippen LogP contribution in [0.25, 0.3) is 0 Å². The monoisotopic (exact) mass is 368 g/mol. The molecule has 5 nitrogen and oxygen atoms in total. The molecular weight excluding hydrogens is 356 g/mol. The van der Waals surface area contributed by atoms with Gasteiger partial charge in [-0.25, -0.2) is 9.78 Å². The minimum absolute atomic E-state index is 0.342.